The maximum absolute atomic E-state index is 9.97. The van der Waals surface area contributed by atoms with E-state index >= 15 is 0 Å². The fourth-order valence-corrected chi connectivity index (χ4v) is 3.61. The second kappa shape index (κ2) is 7.10. The van der Waals surface area contributed by atoms with E-state index in [0.29, 0.717) is 17.8 Å². The largest absolute Gasteiger partial charge is 0.367 e. The minimum absolute atomic E-state index is 0.569. The summed E-state index contributed by atoms with van der Waals surface area (Å²) in [4.78, 5) is 8.97. The molecule has 0 radical (unpaired) electrons. The lowest BCUT2D eigenvalue weighted by Crippen LogP contribution is -2.06. The summed E-state index contributed by atoms with van der Waals surface area (Å²) in [5.74, 6) is 0.885. The predicted octanol–water partition coefficient (Wildman–Crippen LogP) is 5.03. The molecule has 2 aromatic carbocycles. The molecule has 0 saturated carbocycles. The first-order chi connectivity index (χ1) is 14.3. The summed E-state index contributed by atoms with van der Waals surface area (Å²) in [6.07, 6.45) is 3.61. The van der Waals surface area contributed by atoms with Crippen molar-refractivity contribution in [3.8, 4) is 17.2 Å². The summed E-state index contributed by atoms with van der Waals surface area (Å²) in [6, 6.07) is 26.3. The number of fused-ring (bicyclic) bond motifs is 3. The van der Waals surface area contributed by atoms with Crippen LogP contribution in [0.5, 0.6) is 0 Å². The van der Waals surface area contributed by atoms with E-state index in [0.717, 1.165) is 33.5 Å². The van der Waals surface area contributed by atoms with E-state index in [1.54, 1.807) is 6.20 Å². The molecule has 0 bridgehead atoms. The molecule has 138 valence electrons. The third kappa shape index (κ3) is 2.97. The minimum atomic E-state index is 0.569. The molecule has 1 N–H and O–H groups in total. The zero-order chi connectivity index (χ0) is 19.6. The first-order valence-corrected chi connectivity index (χ1v) is 9.37. The first-order valence-electron chi connectivity index (χ1n) is 9.37. The van der Waals surface area contributed by atoms with Gasteiger partial charge in [0.15, 0.2) is 5.65 Å². The van der Waals surface area contributed by atoms with Crippen LogP contribution in [0.25, 0.3) is 27.8 Å². The number of rotatable bonds is 4. The molecule has 0 spiro atoms. The molecule has 0 aliphatic rings. The Labute approximate surface area is 167 Å². The van der Waals surface area contributed by atoms with E-state index in [1.165, 1.54) is 0 Å². The van der Waals surface area contributed by atoms with Gasteiger partial charge in [0.05, 0.1) is 11.0 Å². The van der Waals surface area contributed by atoms with Gasteiger partial charge in [0.25, 0.3) is 0 Å². The molecule has 0 aliphatic carbocycles. The number of nitrogens with one attached hydrogen (secondary N) is 1. The van der Waals surface area contributed by atoms with Crippen LogP contribution in [0.2, 0.25) is 0 Å². The van der Waals surface area contributed by atoms with Crippen LogP contribution in [-0.2, 0) is 6.54 Å². The Morgan fingerprint density at radius 2 is 1.79 bits per heavy atom. The average molecular weight is 375 g/mol. The van der Waals surface area contributed by atoms with Crippen molar-refractivity contribution in [2.75, 3.05) is 5.32 Å². The van der Waals surface area contributed by atoms with Crippen LogP contribution in [0.15, 0.2) is 85.2 Å². The van der Waals surface area contributed by atoms with Crippen LogP contribution in [0.3, 0.4) is 0 Å². The third-order valence-electron chi connectivity index (χ3n) is 4.97. The molecule has 3 aromatic heterocycles. The number of anilines is 1. The minimum Gasteiger partial charge on any atom is -0.367 e. The number of aromatic nitrogens is 3. The van der Waals surface area contributed by atoms with E-state index < -0.39 is 0 Å². The van der Waals surface area contributed by atoms with Gasteiger partial charge in [-0.25, -0.2) is 4.98 Å². The quantitative estimate of drug-likeness (QED) is 0.478. The maximum atomic E-state index is 9.97. The molecule has 0 saturated heterocycles. The second-order valence-electron chi connectivity index (χ2n) is 6.77. The van der Waals surface area contributed by atoms with Gasteiger partial charge in [-0.15, -0.1) is 0 Å². The van der Waals surface area contributed by atoms with Crippen molar-refractivity contribution in [1.29, 1.82) is 5.26 Å². The summed E-state index contributed by atoms with van der Waals surface area (Å²) in [6.45, 7) is 0.621. The Morgan fingerprint density at radius 3 is 2.59 bits per heavy atom. The van der Waals surface area contributed by atoms with E-state index in [-0.39, 0.29) is 0 Å². The summed E-state index contributed by atoms with van der Waals surface area (Å²) >= 11 is 0. The number of pyridine rings is 2. The smallest absolute Gasteiger partial charge is 0.158 e. The molecule has 0 amide bonds. The van der Waals surface area contributed by atoms with Crippen molar-refractivity contribution in [2.24, 2.45) is 0 Å². The lowest BCUT2D eigenvalue weighted by Gasteiger charge is -2.14. The van der Waals surface area contributed by atoms with Gasteiger partial charge in [-0.3, -0.25) is 9.38 Å². The zero-order valence-electron chi connectivity index (χ0n) is 15.6. The average Bonchev–Trinajstić information content (AvgIpc) is 3.18. The van der Waals surface area contributed by atoms with Crippen LogP contribution in [0.1, 0.15) is 11.1 Å². The van der Waals surface area contributed by atoms with Gasteiger partial charge in [0.2, 0.25) is 0 Å². The summed E-state index contributed by atoms with van der Waals surface area (Å²) in [7, 11) is 0. The number of para-hydroxylation sites is 2. The van der Waals surface area contributed by atoms with E-state index in [2.05, 4.69) is 16.4 Å². The van der Waals surface area contributed by atoms with Crippen molar-refractivity contribution >= 4 is 22.5 Å². The van der Waals surface area contributed by atoms with Crippen LogP contribution in [0.4, 0.5) is 5.82 Å². The summed E-state index contributed by atoms with van der Waals surface area (Å²) < 4.78 is 2.02. The highest BCUT2D eigenvalue weighted by Gasteiger charge is 2.17. The van der Waals surface area contributed by atoms with Crippen molar-refractivity contribution in [2.45, 2.75) is 6.54 Å². The molecule has 0 fully saturated rings. The first kappa shape index (κ1) is 17.0. The molecule has 3 heterocycles. The molecule has 29 heavy (non-hydrogen) atoms. The molecule has 0 aliphatic heterocycles. The van der Waals surface area contributed by atoms with Crippen molar-refractivity contribution in [1.82, 2.24) is 14.4 Å². The fraction of sp³-hybridized carbons (Fsp3) is 0.0417. The maximum Gasteiger partial charge on any atom is 0.158 e. The van der Waals surface area contributed by atoms with Gasteiger partial charge >= 0.3 is 0 Å². The van der Waals surface area contributed by atoms with Crippen molar-refractivity contribution < 1.29 is 0 Å². The van der Waals surface area contributed by atoms with E-state index in [9.17, 15) is 5.26 Å². The van der Waals surface area contributed by atoms with E-state index in [1.807, 2.05) is 83.4 Å². The summed E-state index contributed by atoms with van der Waals surface area (Å²) in [5.41, 5.74) is 5.98. The highest BCUT2D eigenvalue weighted by Crippen LogP contribution is 2.32. The molecule has 0 unspecified atom stereocenters. The lowest BCUT2D eigenvalue weighted by atomic mass is 10.0. The third-order valence-corrected chi connectivity index (χ3v) is 4.97. The number of imidazole rings is 1. The normalized spacial score (nSPS) is 10.9. The number of nitrogens with zero attached hydrogens (tertiary/aromatic N) is 4. The molecule has 5 rings (SSSR count). The van der Waals surface area contributed by atoms with Gasteiger partial charge < -0.3 is 5.32 Å². The van der Waals surface area contributed by atoms with Crippen LogP contribution < -0.4 is 5.32 Å². The number of nitriles is 1. The van der Waals surface area contributed by atoms with Gasteiger partial charge in [0, 0.05) is 24.5 Å². The molecule has 5 aromatic rings. The Kier molecular flexibility index (Phi) is 4.15. The number of hydrogen-bond donors (Lipinski definition) is 1. The van der Waals surface area contributed by atoms with Gasteiger partial charge in [-0.2, -0.15) is 5.26 Å². The topological polar surface area (TPSA) is 66.0 Å². The van der Waals surface area contributed by atoms with Gasteiger partial charge in [-0.1, -0.05) is 48.5 Å². The molecular weight excluding hydrogens is 358 g/mol. The highest BCUT2D eigenvalue weighted by molar-refractivity contribution is 5.89. The molecule has 5 heteroatoms. The second-order valence-corrected chi connectivity index (χ2v) is 6.77. The Balaban J connectivity index is 1.76. The fourth-order valence-electron chi connectivity index (χ4n) is 3.61. The highest BCUT2D eigenvalue weighted by atomic mass is 15.1. The van der Waals surface area contributed by atoms with Crippen molar-refractivity contribution in [3.63, 3.8) is 0 Å². The van der Waals surface area contributed by atoms with Crippen LogP contribution >= 0.6 is 0 Å². The number of hydrogen-bond acceptors (Lipinski definition) is 4. The van der Waals surface area contributed by atoms with Gasteiger partial charge in [-0.05, 0) is 35.4 Å². The Hall–Kier alpha value is -4.17. The van der Waals surface area contributed by atoms with Gasteiger partial charge in [0.1, 0.15) is 17.5 Å². The summed E-state index contributed by atoms with van der Waals surface area (Å²) in [5, 5.41) is 13.5. The SMILES string of the molecule is N#Cc1c(-c2ccccc2)cc(NCc2cccnc2)n2c1nc1ccccc12. The molecular formula is C24H17N5. The van der Waals surface area contributed by atoms with Crippen molar-refractivity contribution in [3.05, 3.63) is 96.3 Å². The standard InChI is InChI=1S/C24H17N5/c25-14-20-19(18-8-2-1-3-9-18)13-23(27-16-17-7-6-12-26-15-17)29-22-11-5-4-10-21(22)28-24(20)29/h1-13,15,27H,16H2. The zero-order valence-corrected chi connectivity index (χ0v) is 15.6. The van der Waals surface area contributed by atoms with Crippen LogP contribution in [0, 0.1) is 11.3 Å². The molecule has 5 nitrogen and oxygen atoms in total. The Bertz CT molecular complexity index is 1350. The lowest BCUT2D eigenvalue weighted by molar-refractivity contribution is 1.07. The van der Waals surface area contributed by atoms with E-state index in [4.69, 9.17) is 4.98 Å². The predicted molar refractivity (Wildman–Crippen MR) is 114 cm³/mol. The Morgan fingerprint density at radius 1 is 0.966 bits per heavy atom. The molecule has 0 atom stereocenters. The monoisotopic (exact) mass is 375 g/mol. The van der Waals surface area contributed by atoms with Crippen LogP contribution in [-0.4, -0.2) is 14.4 Å². The number of benzene rings is 2.